The molecule has 1 saturated heterocycles. The maximum atomic E-state index is 14.6. The van der Waals surface area contributed by atoms with Crippen LogP contribution in [0.4, 0.5) is 0 Å². The minimum absolute atomic E-state index is 0.0326. The zero-order chi connectivity index (χ0) is 29.8. The van der Waals surface area contributed by atoms with E-state index < -0.39 is 0 Å². The van der Waals surface area contributed by atoms with E-state index in [0.717, 1.165) is 54.0 Å². The zero-order valence-electron chi connectivity index (χ0n) is 25.0. The summed E-state index contributed by atoms with van der Waals surface area (Å²) in [5, 5.41) is 8.84. The maximum absolute atomic E-state index is 14.6. The number of carbonyl (C=O) groups excluding carboxylic acids is 1. The molecule has 0 unspecified atom stereocenters. The van der Waals surface area contributed by atoms with Gasteiger partial charge in [-0.15, -0.1) is 0 Å². The van der Waals surface area contributed by atoms with Gasteiger partial charge in [-0.25, -0.2) is 0 Å². The van der Waals surface area contributed by atoms with Crippen LogP contribution in [0.2, 0.25) is 5.02 Å². The van der Waals surface area contributed by atoms with E-state index in [4.69, 9.17) is 16.7 Å². The van der Waals surface area contributed by atoms with Crippen molar-refractivity contribution in [3.05, 3.63) is 104 Å². The van der Waals surface area contributed by atoms with Gasteiger partial charge >= 0.3 is 0 Å². The number of aryl methyl sites for hydroxylation is 2. The van der Waals surface area contributed by atoms with Crippen molar-refractivity contribution in [3.8, 4) is 16.9 Å². The molecule has 4 aromatic rings. The van der Waals surface area contributed by atoms with Crippen LogP contribution in [0.25, 0.3) is 16.9 Å². The lowest BCUT2D eigenvalue weighted by atomic mass is 9.96. The van der Waals surface area contributed by atoms with Gasteiger partial charge in [0.05, 0.1) is 29.1 Å². The standard InChI is InChI=1S/C34H40ClN5O2/c1-5-25-8-7-9-26(6-2)32(25)40-31(20-23(3)4)29(33(41)38-18-15-36-16-19-38)21-28(34(40)42)30-14-17-39(37-30)22-24-10-12-27(35)13-11-24/h7-14,17,21,23,36H,5-6,15-16,18-20,22H2,1-4H3. The van der Waals surface area contributed by atoms with Gasteiger partial charge in [-0.05, 0) is 66.1 Å². The van der Waals surface area contributed by atoms with E-state index in [0.29, 0.717) is 47.9 Å². The highest BCUT2D eigenvalue weighted by Gasteiger charge is 2.28. The number of hydrogen-bond acceptors (Lipinski definition) is 4. The van der Waals surface area contributed by atoms with E-state index in [1.165, 1.54) is 0 Å². The molecule has 2 aromatic heterocycles. The lowest BCUT2D eigenvalue weighted by molar-refractivity contribution is 0.0733. The number of nitrogens with one attached hydrogen (secondary N) is 1. The third-order valence-corrected chi connectivity index (χ3v) is 8.15. The second kappa shape index (κ2) is 13.1. The Bertz CT molecular complexity index is 1590. The molecule has 0 spiro atoms. The van der Waals surface area contributed by atoms with Gasteiger partial charge in [0.15, 0.2) is 0 Å². The topological polar surface area (TPSA) is 72.2 Å². The highest BCUT2D eigenvalue weighted by atomic mass is 35.5. The van der Waals surface area contributed by atoms with Crippen molar-refractivity contribution in [2.45, 2.75) is 53.5 Å². The second-order valence-corrected chi connectivity index (χ2v) is 11.8. The van der Waals surface area contributed by atoms with E-state index in [1.807, 2.05) is 50.7 Å². The molecule has 42 heavy (non-hydrogen) atoms. The summed E-state index contributed by atoms with van der Waals surface area (Å²) in [5.74, 6) is 0.211. The van der Waals surface area contributed by atoms with Gasteiger partial charge in [0.1, 0.15) is 0 Å². The first-order chi connectivity index (χ1) is 20.3. The van der Waals surface area contributed by atoms with Crippen molar-refractivity contribution < 1.29 is 4.79 Å². The van der Waals surface area contributed by atoms with Gasteiger partial charge in [-0.2, -0.15) is 5.10 Å². The first-order valence-corrected chi connectivity index (χ1v) is 15.4. The summed E-state index contributed by atoms with van der Waals surface area (Å²) in [4.78, 5) is 30.7. The largest absolute Gasteiger partial charge is 0.336 e. The molecular weight excluding hydrogens is 546 g/mol. The molecule has 1 aliphatic heterocycles. The molecule has 7 nitrogen and oxygen atoms in total. The average Bonchev–Trinajstić information content (AvgIpc) is 3.46. The zero-order valence-corrected chi connectivity index (χ0v) is 25.7. The number of halogens is 1. The molecule has 0 saturated carbocycles. The molecule has 1 aliphatic rings. The van der Waals surface area contributed by atoms with E-state index in [2.05, 4.69) is 51.2 Å². The number of pyridine rings is 1. The molecule has 220 valence electrons. The fourth-order valence-corrected chi connectivity index (χ4v) is 5.88. The summed E-state index contributed by atoms with van der Waals surface area (Å²) in [5.41, 5.74) is 6.34. The monoisotopic (exact) mass is 585 g/mol. The quantitative estimate of drug-likeness (QED) is 0.271. The van der Waals surface area contributed by atoms with Gasteiger partial charge in [0.25, 0.3) is 11.5 Å². The predicted molar refractivity (Wildman–Crippen MR) is 170 cm³/mol. The first-order valence-electron chi connectivity index (χ1n) is 15.0. The van der Waals surface area contributed by atoms with Crippen LogP contribution < -0.4 is 10.9 Å². The molecule has 5 rings (SSSR count). The summed E-state index contributed by atoms with van der Waals surface area (Å²) < 4.78 is 3.67. The number of carbonyl (C=O) groups is 1. The lowest BCUT2D eigenvalue weighted by Gasteiger charge is -2.30. The van der Waals surface area contributed by atoms with Crippen molar-refractivity contribution in [3.63, 3.8) is 0 Å². The van der Waals surface area contributed by atoms with Crippen molar-refractivity contribution in [2.24, 2.45) is 5.92 Å². The number of nitrogens with zero attached hydrogens (tertiary/aromatic N) is 4. The molecule has 3 heterocycles. The number of benzene rings is 2. The van der Waals surface area contributed by atoms with Gasteiger partial charge in [0, 0.05) is 43.1 Å². The Morgan fingerprint density at radius 2 is 1.67 bits per heavy atom. The highest BCUT2D eigenvalue weighted by Crippen LogP contribution is 2.28. The predicted octanol–water partition coefficient (Wildman–Crippen LogP) is 5.77. The van der Waals surface area contributed by atoms with Crippen LogP contribution >= 0.6 is 11.6 Å². The number of aromatic nitrogens is 3. The Morgan fingerprint density at radius 3 is 2.29 bits per heavy atom. The number of amides is 1. The fourth-order valence-electron chi connectivity index (χ4n) is 5.76. The molecule has 0 aliphatic carbocycles. The van der Waals surface area contributed by atoms with Crippen LogP contribution in [-0.2, 0) is 25.8 Å². The molecule has 0 atom stereocenters. The molecule has 2 aromatic carbocycles. The summed E-state index contributed by atoms with van der Waals surface area (Å²) in [6.45, 7) is 11.8. The third kappa shape index (κ3) is 6.22. The summed E-state index contributed by atoms with van der Waals surface area (Å²) >= 11 is 6.07. The molecule has 0 radical (unpaired) electrons. The van der Waals surface area contributed by atoms with Gasteiger partial charge < -0.3 is 10.2 Å². The van der Waals surface area contributed by atoms with Gasteiger partial charge in [-0.3, -0.25) is 18.8 Å². The fraction of sp³-hybridized carbons (Fsp3) is 0.382. The van der Waals surface area contributed by atoms with E-state index in [9.17, 15) is 9.59 Å². The summed E-state index contributed by atoms with van der Waals surface area (Å²) in [7, 11) is 0. The molecule has 1 N–H and O–H groups in total. The highest BCUT2D eigenvalue weighted by molar-refractivity contribution is 6.30. The van der Waals surface area contributed by atoms with Crippen LogP contribution in [0, 0.1) is 5.92 Å². The molecule has 8 heteroatoms. The molecular formula is C34H40ClN5O2. The average molecular weight is 586 g/mol. The lowest BCUT2D eigenvalue weighted by Crippen LogP contribution is -2.47. The summed E-state index contributed by atoms with van der Waals surface area (Å²) in [6, 6.07) is 17.6. The smallest absolute Gasteiger partial charge is 0.264 e. The number of hydrogen-bond donors (Lipinski definition) is 1. The maximum Gasteiger partial charge on any atom is 0.264 e. The van der Waals surface area contributed by atoms with Gasteiger partial charge in [0.2, 0.25) is 0 Å². The van der Waals surface area contributed by atoms with E-state index >= 15 is 0 Å². The number of para-hydroxylation sites is 1. The Labute approximate surface area is 253 Å². The normalized spacial score (nSPS) is 13.6. The molecule has 1 amide bonds. The van der Waals surface area contributed by atoms with Crippen LogP contribution in [0.3, 0.4) is 0 Å². The minimum Gasteiger partial charge on any atom is -0.336 e. The van der Waals surface area contributed by atoms with Crippen molar-refractivity contribution in [2.75, 3.05) is 26.2 Å². The van der Waals surface area contributed by atoms with Crippen LogP contribution in [0.15, 0.2) is 65.6 Å². The first kappa shape index (κ1) is 29.8. The van der Waals surface area contributed by atoms with Crippen LogP contribution in [0.1, 0.15) is 60.4 Å². The number of piperazine rings is 1. The molecule has 0 bridgehead atoms. The SMILES string of the molecule is CCc1cccc(CC)c1-n1c(CC(C)C)c(C(=O)N2CCNCC2)cc(-c2ccn(Cc3ccc(Cl)cc3)n2)c1=O. The van der Waals surface area contributed by atoms with Gasteiger partial charge in [-0.1, -0.05) is 69.6 Å². The van der Waals surface area contributed by atoms with E-state index in [-0.39, 0.29) is 17.4 Å². The number of rotatable bonds is 9. The Balaban J connectivity index is 1.74. The summed E-state index contributed by atoms with van der Waals surface area (Å²) in [6.07, 6.45) is 4.04. The molecule has 1 fully saturated rings. The van der Waals surface area contributed by atoms with Crippen LogP contribution in [-0.4, -0.2) is 51.3 Å². The Hall–Kier alpha value is -3.68. The van der Waals surface area contributed by atoms with Crippen LogP contribution in [0.5, 0.6) is 0 Å². The van der Waals surface area contributed by atoms with Crippen molar-refractivity contribution in [1.29, 1.82) is 0 Å². The Kier molecular flexibility index (Phi) is 9.29. The minimum atomic E-state index is -0.144. The Morgan fingerprint density at radius 1 is 1.00 bits per heavy atom. The third-order valence-electron chi connectivity index (χ3n) is 7.90. The van der Waals surface area contributed by atoms with Crippen molar-refractivity contribution in [1.82, 2.24) is 24.6 Å². The second-order valence-electron chi connectivity index (χ2n) is 11.4. The van der Waals surface area contributed by atoms with Crippen molar-refractivity contribution >= 4 is 17.5 Å². The van der Waals surface area contributed by atoms with E-state index in [1.54, 1.807) is 6.07 Å².